The molecule has 29 heavy (non-hydrogen) atoms. The van der Waals surface area contributed by atoms with Crippen molar-refractivity contribution in [1.29, 1.82) is 0 Å². The summed E-state index contributed by atoms with van der Waals surface area (Å²) >= 11 is 1.22. The van der Waals surface area contributed by atoms with Gasteiger partial charge in [0.25, 0.3) is 5.91 Å². The second kappa shape index (κ2) is 9.74. The van der Waals surface area contributed by atoms with Gasteiger partial charge in [-0.05, 0) is 43.3 Å². The summed E-state index contributed by atoms with van der Waals surface area (Å²) in [6.45, 7) is 2.24. The van der Waals surface area contributed by atoms with Gasteiger partial charge in [0.1, 0.15) is 23.9 Å². The van der Waals surface area contributed by atoms with Crippen LogP contribution in [0.1, 0.15) is 28.9 Å². The normalized spacial score (nSPS) is 10.4. The Morgan fingerprint density at radius 3 is 2.62 bits per heavy atom. The molecule has 0 aliphatic heterocycles. The first-order valence-corrected chi connectivity index (χ1v) is 9.72. The second-order valence-corrected chi connectivity index (χ2v) is 6.67. The topological polar surface area (TPSA) is 99.9 Å². The lowest BCUT2D eigenvalue weighted by Gasteiger charge is -2.05. The molecule has 3 aromatic rings. The van der Waals surface area contributed by atoms with Gasteiger partial charge in [-0.15, -0.1) is 11.3 Å². The molecule has 1 amide bonds. The van der Waals surface area contributed by atoms with Crippen LogP contribution in [-0.4, -0.2) is 30.6 Å². The Balaban J connectivity index is 1.52. The Bertz CT molecular complexity index is 964. The zero-order valence-electron chi connectivity index (χ0n) is 16.0. The second-order valence-electron chi connectivity index (χ2n) is 5.81. The number of aromatic nitrogens is 1. The van der Waals surface area contributed by atoms with Crippen molar-refractivity contribution in [1.82, 2.24) is 4.98 Å². The van der Waals surface area contributed by atoms with E-state index in [9.17, 15) is 9.59 Å². The summed E-state index contributed by atoms with van der Waals surface area (Å²) in [7, 11) is 1.60. The molecule has 0 saturated carbocycles. The first kappa shape index (κ1) is 20.4. The van der Waals surface area contributed by atoms with Crippen molar-refractivity contribution in [2.75, 3.05) is 19.0 Å². The standard InChI is InChI=1S/C20H20N2O6S/c1-3-26-18(23)10-13-12-29-20(21-13)22-19(24)17-9-8-16(28-17)11-27-15-6-4-14(25-2)5-7-15/h4-9,12H,3,10-11H2,1-2H3,(H,21,22,24). The highest BCUT2D eigenvalue weighted by Crippen LogP contribution is 2.20. The van der Waals surface area contributed by atoms with Crippen LogP contribution in [0, 0.1) is 0 Å². The molecule has 0 fully saturated rings. The summed E-state index contributed by atoms with van der Waals surface area (Å²) in [5.41, 5.74) is 0.539. The maximum Gasteiger partial charge on any atom is 0.311 e. The maximum absolute atomic E-state index is 12.3. The fourth-order valence-electron chi connectivity index (χ4n) is 2.37. The third-order valence-electron chi connectivity index (χ3n) is 3.73. The summed E-state index contributed by atoms with van der Waals surface area (Å²) < 4.78 is 21.1. The third kappa shape index (κ3) is 5.82. The molecule has 0 bridgehead atoms. The van der Waals surface area contributed by atoms with Gasteiger partial charge in [0.2, 0.25) is 0 Å². The highest BCUT2D eigenvalue weighted by atomic mass is 32.1. The molecule has 2 heterocycles. The lowest BCUT2D eigenvalue weighted by Crippen LogP contribution is -2.11. The summed E-state index contributed by atoms with van der Waals surface area (Å²) in [5, 5.41) is 4.73. The lowest BCUT2D eigenvalue weighted by atomic mass is 10.3. The van der Waals surface area contributed by atoms with Crippen molar-refractivity contribution >= 4 is 28.3 Å². The molecular weight excluding hydrogens is 396 g/mol. The highest BCUT2D eigenvalue weighted by molar-refractivity contribution is 7.14. The van der Waals surface area contributed by atoms with Crippen molar-refractivity contribution < 1.29 is 28.2 Å². The van der Waals surface area contributed by atoms with Gasteiger partial charge in [-0.3, -0.25) is 14.9 Å². The predicted molar refractivity (Wildman–Crippen MR) is 106 cm³/mol. The van der Waals surface area contributed by atoms with Crippen LogP contribution in [0.4, 0.5) is 5.13 Å². The minimum absolute atomic E-state index is 0.0633. The number of furan rings is 1. The van der Waals surface area contributed by atoms with E-state index in [1.807, 2.05) is 0 Å². The molecule has 3 rings (SSSR count). The van der Waals surface area contributed by atoms with E-state index in [2.05, 4.69) is 10.3 Å². The van der Waals surface area contributed by atoms with E-state index in [1.54, 1.807) is 55.8 Å². The maximum atomic E-state index is 12.3. The molecule has 0 aliphatic rings. The number of rotatable bonds is 9. The third-order valence-corrected chi connectivity index (χ3v) is 4.54. The Labute approximate surface area is 171 Å². The summed E-state index contributed by atoms with van der Waals surface area (Å²) in [4.78, 5) is 28.0. The zero-order valence-corrected chi connectivity index (χ0v) is 16.8. The van der Waals surface area contributed by atoms with E-state index in [-0.39, 0.29) is 24.8 Å². The van der Waals surface area contributed by atoms with E-state index in [1.165, 1.54) is 11.3 Å². The first-order valence-electron chi connectivity index (χ1n) is 8.84. The van der Waals surface area contributed by atoms with Gasteiger partial charge < -0.3 is 18.6 Å². The van der Waals surface area contributed by atoms with E-state index in [0.717, 1.165) is 5.75 Å². The van der Waals surface area contributed by atoms with Gasteiger partial charge in [-0.25, -0.2) is 4.98 Å². The quantitative estimate of drug-likeness (QED) is 0.531. The number of nitrogens with one attached hydrogen (secondary N) is 1. The number of carbonyl (C=O) groups is 2. The van der Waals surface area contributed by atoms with Crippen LogP contribution in [0.25, 0.3) is 0 Å². The number of esters is 1. The number of carbonyl (C=O) groups excluding carboxylic acids is 2. The number of hydrogen-bond acceptors (Lipinski definition) is 8. The van der Waals surface area contributed by atoms with Crippen molar-refractivity contribution in [2.45, 2.75) is 20.0 Å². The van der Waals surface area contributed by atoms with Crippen LogP contribution in [0.15, 0.2) is 46.2 Å². The molecule has 0 radical (unpaired) electrons. The van der Waals surface area contributed by atoms with E-state index in [0.29, 0.717) is 28.9 Å². The summed E-state index contributed by atoms with van der Waals surface area (Å²) in [6.07, 6.45) is 0.0633. The van der Waals surface area contributed by atoms with Crippen LogP contribution in [-0.2, 0) is 22.6 Å². The number of anilines is 1. The molecule has 1 N–H and O–H groups in total. The number of nitrogens with zero attached hydrogens (tertiary/aromatic N) is 1. The van der Waals surface area contributed by atoms with Crippen LogP contribution < -0.4 is 14.8 Å². The lowest BCUT2D eigenvalue weighted by molar-refractivity contribution is -0.142. The molecule has 2 aromatic heterocycles. The SMILES string of the molecule is CCOC(=O)Cc1csc(NC(=O)c2ccc(COc3ccc(OC)cc3)o2)n1. The van der Waals surface area contributed by atoms with E-state index < -0.39 is 5.91 Å². The molecule has 0 unspecified atom stereocenters. The number of benzene rings is 1. The van der Waals surface area contributed by atoms with Gasteiger partial charge in [0, 0.05) is 5.38 Å². The van der Waals surface area contributed by atoms with Crippen molar-refractivity contribution in [3.8, 4) is 11.5 Å². The molecule has 0 saturated heterocycles. The summed E-state index contributed by atoms with van der Waals surface area (Å²) in [5.74, 6) is 1.25. The van der Waals surface area contributed by atoms with Crippen LogP contribution in [0.3, 0.4) is 0 Å². The minimum atomic E-state index is -0.433. The van der Waals surface area contributed by atoms with Crippen LogP contribution >= 0.6 is 11.3 Å². The van der Waals surface area contributed by atoms with Crippen LogP contribution in [0.2, 0.25) is 0 Å². The van der Waals surface area contributed by atoms with Crippen molar-refractivity contribution in [3.63, 3.8) is 0 Å². The molecule has 0 atom stereocenters. The summed E-state index contributed by atoms with van der Waals surface area (Å²) in [6, 6.07) is 10.4. The van der Waals surface area contributed by atoms with E-state index in [4.69, 9.17) is 18.6 Å². The Morgan fingerprint density at radius 2 is 1.90 bits per heavy atom. The number of thiazole rings is 1. The highest BCUT2D eigenvalue weighted by Gasteiger charge is 2.15. The van der Waals surface area contributed by atoms with Crippen molar-refractivity contribution in [2.24, 2.45) is 0 Å². The molecular formula is C20H20N2O6S. The Hall–Kier alpha value is -3.33. The van der Waals surface area contributed by atoms with Gasteiger partial charge in [0.15, 0.2) is 10.9 Å². The largest absolute Gasteiger partial charge is 0.497 e. The number of methoxy groups -OCH3 is 1. The van der Waals surface area contributed by atoms with E-state index >= 15 is 0 Å². The minimum Gasteiger partial charge on any atom is -0.497 e. The average Bonchev–Trinajstić information content (AvgIpc) is 3.36. The average molecular weight is 416 g/mol. The first-order chi connectivity index (χ1) is 14.1. The zero-order chi connectivity index (χ0) is 20.6. The van der Waals surface area contributed by atoms with Gasteiger partial charge in [-0.1, -0.05) is 0 Å². The smallest absolute Gasteiger partial charge is 0.311 e. The molecule has 8 nitrogen and oxygen atoms in total. The monoisotopic (exact) mass is 416 g/mol. The number of amides is 1. The van der Waals surface area contributed by atoms with Crippen LogP contribution in [0.5, 0.6) is 11.5 Å². The molecule has 0 spiro atoms. The Kier molecular flexibility index (Phi) is 6.85. The van der Waals surface area contributed by atoms with Crippen molar-refractivity contribution in [3.05, 3.63) is 59.0 Å². The molecule has 1 aromatic carbocycles. The predicted octanol–water partition coefficient (Wildman–Crippen LogP) is 3.68. The van der Waals surface area contributed by atoms with Gasteiger partial charge in [-0.2, -0.15) is 0 Å². The van der Waals surface area contributed by atoms with Gasteiger partial charge in [0.05, 0.1) is 25.8 Å². The van der Waals surface area contributed by atoms with Gasteiger partial charge >= 0.3 is 5.97 Å². The Morgan fingerprint density at radius 1 is 1.14 bits per heavy atom. The molecule has 0 aliphatic carbocycles. The fraction of sp³-hybridized carbons (Fsp3) is 0.250. The number of ether oxygens (including phenoxy) is 3. The number of hydrogen-bond donors (Lipinski definition) is 1. The molecule has 9 heteroatoms. The molecule has 152 valence electrons. The fourth-order valence-corrected chi connectivity index (χ4v) is 3.07.